The van der Waals surface area contributed by atoms with Crippen LogP contribution in [-0.2, 0) is 0 Å². The minimum Gasteiger partial charge on any atom is -0.304 e. The Bertz CT molecular complexity index is 172. The number of likely N-dealkylation sites (N-methyl/N-ethyl adjacent to an activating group) is 1. The molecule has 1 aliphatic heterocycles. The fourth-order valence-electron chi connectivity index (χ4n) is 2.49. The molecule has 0 unspecified atom stereocenters. The molecule has 2 heteroatoms. The largest absolute Gasteiger partial charge is 0.304 e. The zero-order chi connectivity index (χ0) is 12.5. The molecule has 0 radical (unpaired) electrons. The monoisotopic (exact) mass is 240 g/mol. The van der Waals surface area contributed by atoms with Crippen molar-refractivity contribution in [1.29, 1.82) is 0 Å². The molecule has 1 fully saturated rings. The summed E-state index contributed by atoms with van der Waals surface area (Å²) in [5, 5.41) is 0. The standard InChI is InChI=1S/C15H32N2/c1-15(2)9-7-5-4-6-8-10-17-13-11-16(3)12-14-17/h15H,4-14H2,1-3H3. The topological polar surface area (TPSA) is 6.48 Å². The van der Waals surface area contributed by atoms with Gasteiger partial charge in [0.1, 0.15) is 0 Å². The second kappa shape index (κ2) is 8.93. The molecule has 1 saturated heterocycles. The van der Waals surface area contributed by atoms with Gasteiger partial charge in [-0.15, -0.1) is 0 Å². The lowest BCUT2D eigenvalue weighted by Gasteiger charge is -2.32. The summed E-state index contributed by atoms with van der Waals surface area (Å²) < 4.78 is 0. The lowest BCUT2D eigenvalue weighted by Crippen LogP contribution is -2.44. The second-order valence-electron chi connectivity index (χ2n) is 6.10. The van der Waals surface area contributed by atoms with Gasteiger partial charge < -0.3 is 9.80 Å². The molecule has 0 aliphatic carbocycles. The molecule has 1 heterocycles. The number of hydrogen-bond acceptors (Lipinski definition) is 2. The predicted octanol–water partition coefficient (Wildman–Crippen LogP) is 3.23. The SMILES string of the molecule is CC(C)CCCCCCCN1CCN(C)CC1. The minimum atomic E-state index is 0.889. The average molecular weight is 240 g/mol. The van der Waals surface area contributed by atoms with E-state index in [1.807, 2.05) is 0 Å². The molecule has 0 bridgehead atoms. The summed E-state index contributed by atoms with van der Waals surface area (Å²) in [7, 11) is 2.23. The fourth-order valence-corrected chi connectivity index (χ4v) is 2.49. The molecular formula is C15H32N2. The Balaban J connectivity index is 1.84. The van der Waals surface area contributed by atoms with Crippen LogP contribution >= 0.6 is 0 Å². The number of hydrogen-bond donors (Lipinski definition) is 0. The van der Waals surface area contributed by atoms with Crippen molar-refractivity contribution >= 4 is 0 Å². The summed E-state index contributed by atoms with van der Waals surface area (Å²) in [6.45, 7) is 11.1. The number of nitrogens with zero attached hydrogens (tertiary/aromatic N) is 2. The molecule has 102 valence electrons. The normalized spacial score (nSPS) is 19.1. The van der Waals surface area contributed by atoms with E-state index >= 15 is 0 Å². The quantitative estimate of drug-likeness (QED) is 0.601. The van der Waals surface area contributed by atoms with Crippen LogP contribution in [0, 0.1) is 5.92 Å². The van der Waals surface area contributed by atoms with Gasteiger partial charge in [-0.25, -0.2) is 0 Å². The first-order valence-corrected chi connectivity index (χ1v) is 7.59. The maximum atomic E-state index is 2.63. The van der Waals surface area contributed by atoms with Gasteiger partial charge in [0.05, 0.1) is 0 Å². The van der Waals surface area contributed by atoms with Gasteiger partial charge in [-0.3, -0.25) is 0 Å². The lowest BCUT2D eigenvalue weighted by atomic mass is 10.0. The first kappa shape index (κ1) is 15.0. The first-order chi connectivity index (χ1) is 8.18. The Morgan fingerprint density at radius 2 is 1.41 bits per heavy atom. The van der Waals surface area contributed by atoms with Gasteiger partial charge in [0.2, 0.25) is 0 Å². The van der Waals surface area contributed by atoms with E-state index in [-0.39, 0.29) is 0 Å². The van der Waals surface area contributed by atoms with E-state index in [2.05, 4.69) is 30.7 Å². The molecule has 0 amide bonds. The minimum absolute atomic E-state index is 0.889. The van der Waals surface area contributed by atoms with Crippen LogP contribution in [-0.4, -0.2) is 49.6 Å². The van der Waals surface area contributed by atoms with Crippen LogP contribution in [0.3, 0.4) is 0 Å². The van der Waals surface area contributed by atoms with Crippen LogP contribution in [0.25, 0.3) is 0 Å². The maximum absolute atomic E-state index is 2.63. The summed E-state index contributed by atoms with van der Waals surface area (Å²) in [4.78, 5) is 5.07. The molecule has 0 aromatic carbocycles. The number of piperazine rings is 1. The van der Waals surface area contributed by atoms with Crippen LogP contribution in [0.4, 0.5) is 0 Å². The van der Waals surface area contributed by atoms with Gasteiger partial charge in [-0.05, 0) is 25.9 Å². The molecule has 0 saturated carbocycles. The van der Waals surface area contributed by atoms with Crippen LogP contribution in [0.5, 0.6) is 0 Å². The Morgan fingerprint density at radius 3 is 2.06 bits per heavy atom. The summed E-state index contributed by atoms with van der Waals surface area (Å²) >= 11 is 0. The van der Waals surface area contributed by atoms with Gasteiger partial charge in [0.15, 0.2) is 0 Å². The zero-order valence-electron chi connectivity index (χ0n) is 12.2. The average Bonchev–Trinajstić information content (AvgIpc) is 2.30. The summed E-state index contributed by atoms with van der Waals surface area (Å²) in [6, 6.07) is 0. The van der Waals surface area contributed by atoms with Gasteiger partial charge in [0.25, 0.3) is 0 Å². The van der Waals surface area contributed by atoms with Gasteiger partial charge >= 0.3 is 0 Å². The highest BCUT2D eigenvalue weighted by atomic mass is 15.2. The predicted molar refractivity (Wildman–Crippen MR) is 76.5 cm³/mol. The Kier molecular flexibility index (Phi) is 7.87. The van der Waals surface area contributed by atoms with Crippen LogP contribution in [0.2, 0.25) is 0 Å². The summed E-state index contributed by atoms with van der Waals surface area (Å²) in [5.74, 6) is 0.889. The van der Waals surface area contributed by atoms with Crippen molar-refractivity contribution in [3.63, 3.8) is 0 Å². The smallest absolute Gasteiger partial charge is 0.0110 e. The molecule has 0 aromatic heterocycles. The summed E-state index contributed by atoms with van der Waals surface area (Å²) in [5.41, 5.74) is 0. The Morgan fingerprint density at radius 1 is 0.824 bits per heavy atom. The van der Waals surface area contributed by atoms with Gasteiger partial charge in [-0.2, -0.15) is 0 Å². The van der Waals surface area contributed by atoms with Crippen molar-refractivity contribution < 1.29 is 0 Å². The molecule has 17 heavy (non-hydrogen) atoms. The molecular weight excluding hydrogens is 208 g/mol. The van der Waals surface area contributed by atoms with Crippen LogP contribution < -0.4 is 0 Å². The maximum Gasteiger partial charge on any atom is 0.0110 e. The van der Waals surface area contributed by atoms with Crippen LogP contribution in [0.1, 0.15) is 52.4 Å². The van der Waals surface area contributed by atoms with E-state index < -0.39 is 0 Å². The summed E-state index contributed by atoms with van der Waals surface area (Å²) in [6.07, 6.45) is 8.59. The van der Waals surface area contributed by atoms with E-state index in [0.29, 0.717) is 0 Å². The van der Waals surface area contributed by atoms with Crippen molar-refractivity contribution in [1.82, 2.24) is 9.80 Å². The lowest BCUT2D eigenvalue weighted by molar-refractivity contribution is 0.152. The van der Waals surface area contributed by atoms with Gasteiger partial charge in [-0.1, -0.05) is 46.0 Å². The number of unbranched alkanes of at least 4 members (excludes halogenated alkanes) is 4. The third-order valence-electron chi connectivity index (χ3n) is 3.85. The third kappa shape index (κ3) is 7.77. The molecule has 1 aliphatic rings. The van der Waals surface area contributed by atoms with E-state index in [0.717, 1.165) is 5.92 Å². The van der Waals surface area contributed by atoms with E-state index in [1.165, 1.54) is 71.2 Å². The third-order valence-corrected chi connectivity index (χ3v) is 3.85. The Hall–Kier alpha value is -0.0800. The van der Waals surface area contributed by atoms with E-state index in [9.17, 15) is 0 Å². The highest BCUT2D eigenvalue weighted by Gasteiger charge is 2.12. The second-order valence-corrected chi connectivity index (χ2v) is 6.10. The number of rotatable bonds is 8. The van der Waals surface area contributed by atoms with Gasteiger partial charge in [0, 0.05) is 26.2 Å². The van der Waals surface area contributed by atoms with Crippen molar-refractivity contribution in [3.05, 3.63) is 0 Å². The first-order valence-electron chi connectivity index (χ1n) is 7.59. The molecule has 0 N–H and O–H groups in total. The van der Waals surface area contributed by atoms with Crippen molar-refractivity contribution in [2.75, 3.05) is 39.8 Å². The molecule has 2 nitrogen and oxygen atoms in total. The molecule has 0 aromatic rings. The van der Waals surface area contributed by atoms with Crippen molar-refractivity contribution in [2.45, 2.75) is 52.4 Å². The zero-order valence-corrected chi connectivity index (χ0v) is 12.2. The highest BCUT2D eigenvalue weighted by molar-refractivity contribution is 4.68. The van der Waals surface area contributed by atoms with E-state index in [4.69, 9.17) is 0 Å². The van der Waals surface area contributed by atoms with Crippen molar-refractivity contribution in [2.24, 2.45) is 5.92 Å². The molecule has 0 atom stereocenters. The molecule has 0 spiro atoms. The Labute approximate surface area is 108 Å². The fraction of sp³-hybridized carbons (Fsp3) is 1.00. The highest BCUT2D eigenvalue weighted by Crippen LogP contribution is 2.11. The molecule has 1 rings (SSSR count). The van der Waals surface area contributed by atoms with Crippen LogP contribution in [0.15, 0.2) is 0 Å². The van der Waals surface area contributed by atoms with Crippen molar-refractivity contribution in [3.8, 4) is 0 Å². The van der Waals surface area contributed by atoms with E-state index in [1.54, 1.807) is 0 Å².